The molecule has 0 aromatic carbocycles. The molecule has 1 saturated heterocycles. The Hall–Kier alpha value is -1.95. The molecule has 2 rings (SSSR count). The van der Waals surface area contributed by atoms with Gasteiger partial charge in [0, 0.05) is 18.4 Å². The number of nitrogens with zero attached hydrogens (tertiary/aromatic N) is 2. The second-order valence-electron chi connectivity index (χ2n) is 4.07. The summed E-state index contributed by atoms with van der Waals surface area (Å²) in [6.45, 7) is 2.39. The molecule has 1 aliphatic heterocycles. The SMILES string of the molecule is CC1C(=O)NC(=O)CN1Cc1cc(N)ccn1. The summed E-state index contributed by atoms with van der Waals surface area (Å²) in [5.41, 5.74) is 7.02. The summed E-state index contributed by atoms with van der Waals surface area (Å²) in [5, 5.41) is 2.29. The maximum Gasteiger partial charge on any atom is 0.243 e. The molecule has 1 atom stereocenters. The summed E-state index contributed by atoms with van der Waals surface area (Å²) >= 11 is 0. The molecule has 17 heavy (non-hydrogen) atoms. The molecule has 0 bridgehead atoms. The van der Waals surface area contributed by atoms with Gasteiger partial charge in [-0.25, -0.2) is 0 Å². The van der Waals surface area contributed by atoms with E-state index in [-0.39, 0.29) is 24.4 Å². The summed E-state index contributed by atoms with van der Waals surface area (Å²) in [7, 11) is 0. The number of carbonyl (C=O) groups excluding carboxylic acids is 2. The monoisotopic (exact) mass is 234 g/mol. The first-order chi connectivity index (χ1) is 8.06. The molecule has 1 aromatic rings. The predicted octanol–water partition coefficient (Wildman–Crippen LogP) is -0.489. The molecule has 3 N–H and O–H groups in total. The van der Waals surface area contributed by atoms with E-state index in [1.165, 1.54) is 0 Å². The van der Waals surface area contributed by atoms with Crippen LogP contribution in [0.5, 0.6) is 0 Å². The van der Waals surface area contributed by atoms with Crippen LogP contribution < -0.4 is 11.1 Å². The van der Waals surface area contributed by atoms with E-state index in [2.05, 4.69) is 10.3 Å². The first-order valence-corrected chi connectivity index (χ1v) is 5.34. The lowest BCUT2D eigenvalue weighted by atomic mass is 10.2. The standard InChI is InChI=1S/C11H14N4O2/c1-7-11(17)14-10(16)6-15(7)5-9-4-8(12)2-3-13-9/h2-4,7H,5-6H2,1H3,(H2,12,13)(H,14,16,17). The van der Waals surface area contributed by atoms with Crippen molar-refractivity contribution in [1.82, 2.24) is 15.2 Å². The Morgan fingerprint density at radius 2 is 2.35 bits per heavy atom. The average Bonchev–Trinajstić information content (AvgIpc) is 2.25. The third-order valence-corrected chi connectivity index (χ3v) is 2.74. The maximum absolute atomic E-state index is 11.5. The van der Waals surface area contributed by atoms with Crippen molar-refractivity contribution in [3.8, 4) is 0 Å². The van der Waals surface area contributed by atoms with Crippen LogP contribution in [0.25, 0.3) is 0 Å². The van der Waals surface area contributed by atoms with Crippen LogP contribution in [0, 0.1) is 0 Å². The van der Waals surface area contributed by atoms with Crippen LogP contribution in [-0.2, 0) is 16.1 Å². The lowest BCUT2D eigenvalue weighted by molar-refractivity contribution is -0.139. The normalized spacial score (nSPS) is 21.4. The van der Waals surface area contributed by atoms with Gasteiger partial charge in [0.2, 0.25) is 11.8 Å². The molecular weight excluding hydrogens is 220 g/mol. The van der Waals surface area contributed by atoms with Gasteiger partial charge in [-0.05, 0) is 19.1 Å². The Morgan fingerprint density at radius 1 is 1.59 bits per heavy atom. The van der Waals surface area contributed by atoms with E-state index in [4.69, 9.17) is 5.73 Å². The number of aromatic nitrogens is 1. The number of nitrogens with one attached hydrogen (secondary N) is 1. The first-order valence-electron chi connectivity index (χ1n) is 5.34. The van der Waals surface area contributed by atoms with Crippen molar-refractivity contribution in [2.75, 3.05) is 12.3 Å². The number of anilines is 1. The highest BCUT2D eigenvalue weighted by Crippen LogP contribution is 2.11. The van der Waals surface area contributed by atoms with E-state index in [1.807, 2.05) is 0 Å². The molecule has 2 heterocycles. The molecule has 90 valence electrons. The Bertz CT molecular complexity index is 461. The lowest BCUT2D eigenvalue weighted by Gasteiger charge is -2.31. The first kappa shape index (κ1) is 11.5. The average molecular weight is 234 g/mol. The van der Waals surface area contributed by atoms with Crippen molar-refractivity contribution < 1.29 is 9.59 Å². The van der Waals surface area contributed by atoms with E-state index in [9.17, 15) is 9.59 Å². The molecule has 2 amide bonds. The molecule has 6 nitrogen and oxygen atoms in total. The van der Waals surface area contributed by atoms with E-state index in [0.29, 0.717) is 12.2 Å². The Labute approximate surface area is 98.8 Å². The zero-order valence-corrected chi connectivity index (χ0v) is 9.51. The largest absolute Gasteiger partial charge is 0.399 e. The van der Waals surface area contributed by atoms with Crippen molar-refractivity contribution in [3.63, 3.8) is 0 Å². The zero-order valence-electron chi connectivity index (χ0n) is 9.51. The molecule has 1 aliphatic rings. The van der Waals surface area contributed by atoms with Crippen molar-refractivity contribution in [3.05, 3.63) is 24.0 Å². The number of hydrogen-bond donors (Lipinski definition) is 2. The molecule has 1 aromatic heterocycles. The number of carbonyl (C=O) groups is 2. The fraction of sp³-hybridized carbons (Fsp3) is 0.364. The second-order valence-corrected chi connectivity index (χ2v) is 4.07. The molecular formula is C11H14N4O2. The molecule has 6 heteroatoms. The summed E-state index contributed by atoms with van der Waals surface area (Å²) in [6, 6.07) is 3.10. The Kier molecular flexibility index (Phi) is 3.06. The van der Waals surface area contributed by atoms with Gasteiger partial charge >= 0.3 is 0 Å². The fourth-order valence-corrected chi connectivity index (χ4v) is 1.75. The number of nitrogen functional groups attached to an aromatic ring is 1. The molecule has 0 radical (unpaired) electrons. The summed E-state index contributed by atoms with van der Waals surface area (Å²) in [5.74, 6) is -0.554. The van der Waals surface area contributed by atoms with Crippen LogP contribution in [0.15, 0.2) is 18.3 Å². The van der Waals surface area contributed by atoms with E-state index in [0.717, 1.165) is 5.69 Å². The van der Waals surface area contributed by atoms with Crippen LogP contribution >= 0.6 is 0 Å². The van der Waals surface area contributed by atoms with Gasteiger partial charge in [0.25, 0.3) is 0 Å². The van der Waals surface area contributed by atoms with Crippen LogP contribution in [0.2, 0.25) is 0 Å². The molecule has 1 fully saturated rings. The van der Waals surface area contributed by atoms with Crippen molar-refractivity contribution >= 4 is 17.5 Å². The van der Waals surface area contributed by atoms with Gasteiger partial charge in [-0.1, -0.05) is 0 Å². The lowest BCUT2D eigenvalue weighted by Crippen LogP contribution is -2.56. The quantitative estimate of drug-likeness (QED) is 0.674. The number of nitrogens with two attached hydrogens (primary N) is 1. The van der Waals surface area contributed by atoms with Gasteiger partial charge in [-0.3, -0.25) is 24.8 Å². The summed E-state index contributed by atoms with van der Waals surface area (Å²) in [4.78, 5) is 28.6. The minimum atomic E-state index is -0.337. The van der Waals surface area contributed by atoms with Gasteiger partial charge in [-0.15, -0.1) is 0 Å². The smallest absolute Gasteiger partial charge is 0.243 e. The number of imide groups is 1. The highest BCUT2D eigenvalue weighted by molar-refractivity contribution is 6.00. The third kappa shape index (κ3) is 2.59. The van der Waals surface area contributed by atoms with Crippen LogP contribution in [0.1, 0.15) is 12.6 Å². The summed E-state index contributed by atoms with van der Waals surface area (Å²) in [6.07, 6.45) is 1.61. The van der Waals surface area contributed by atoms with Crippen LogP contribution in [-0.4, -0.2) is 34.3 Å². The van der Waals surface area contributed by atoms with Gasteiger partial charge in [-0.2, -0.15) is 0 Å². The topological polar surface area (TPSA) is 88.3 Å². The summed E-state index contributed by atoms with van der Waals surface area (Å²) < 4.78 is 0. The number of hydrogen-bond acceptors (Lipinski definition) is 5. The minimum absolute atomic E-state index is 0.198. The van der Waals surface area contributed by atoms with Gasteiger partial charge in [0.05, 0.1) is 18.3 Å². The number of pyridine rings is 1. The molecule has 0 spiro atoms. The number of amides is 2. The van der Waals surface area contributed by atoms with Gasteiger partial charge < -0.3 is 5.73 Å². The predicted molar refractivity (Wildman–Crippen MR) is 61.7 cm³/mol. The third-order valence-electron chi connectivity index (χ3n) is 2.74. The van der Waals surface area contributed by atoms with E-state index >= 15 is 0 Å². The molecule has 0 aliphatic carbocycles. The zero-order chi connectivity index (χ0) is 12.4. The Morgan fingerprint density at radius 3 is 3.06 bits per heavy atom. The highest BCUT2D eigenvalue weighted by Gasteiger charge is 2.30. The van der Waals surface area contributed by atoms with Gasteiger partial charge in [0.15, 0.2) is 0 Å². The van der Waals surface area contributed by atoms with Crippen LogP contribution in [0.3, 0.4) is 0 Å². The van der Waals surface area contributed by atoms with Crippen molar-refractivity contribution in [2.45, 2.75) is 19.5 Å². The van der Waals surface area contributed by atoms with E-state index < -0.39 is 0 Å². The fourth-order valence-electron chi connectivity index (χ4n) is 1.75. The van der Waals surface area contributed by atoms with Crippen LogP contribution in [0.4, 0.5) is 5.69 Å². The highest BCUT2D eigenvalue weighted by atomic mass is 16.2. The minimum Gasteiger partial charge on any atom is -0.399 e. The second kappa shape index (κ2) is 4.50. The Balaban J connectivity index is 2.12. The van der Waals surface area contributed by atoms with Gasteiger partial charge in [0.1, 0.15) is 0 Å². The molecule has 0 saturated carbocycles. The van der Waals surface area contributed by atoms with E-state index in [1.54, 1.807) is 30.2 Å². The van der Waals surface area contributed by atoms with Crippen molar-refractivity contribution in [1.29, 1.82) is 0 Å². The maximum atomic E-state index is 11.5. The number of piperazine rings is 1. The molecule has 1 unspecified atom stereocenters. The number of rotatable bonds is 2. The van der Waals surface area contributed by atoms with Crippen molar-refractivity contribution in [2.24, 2.45) is 0 Å².